The van der Waals surface area contributed by atoms with Crippen LogP contribution in [0.4, 0.5) is 11.4 Å². The minimum atomic E-state index is -0.310. The number of rotatable bonds is 6. The Kier molecular flexibility index (Phi) is 6.67. The second-order valence-electron chi connectivity index (χ2n) is 6.38. The van der Waals surface area contributed by atoms with Crippen LogP contribution in [-0.4, -0.2) is 18.4 Å². The first-order valence-corrected chi connectivity index (χ1v) is 9.98. The molecule has 3 aromatic rings. The Balaban J connectivity index is 1.76. The summed E-state index contributed by atoms with van der Waals surface area (Å²) < 4.78 is 6.26. The average Bonchev–Trinajstić information content (AvgIpc) is 2.72. The molecule has 0 aliphatic carbocycles. The van der Waals surface area contributed by atoms with Crippen LogP contribution in [0.5, 0.6) is 5.75 Å². The lowest BCUT2D eigenvalue weighted by Gasteiger charge is -2.12. The molecule has 6 heteroatoms. The van der Waals surface area contributed by atoms with Crippen LogP contribution in [0.1, 0.15) is 33.2 Å². The molecule has 5 nitrogen and oxygen atoms in total. The largest absolute Gasteiger partial charge is 0.494 e. The number of amides is 2. The second-order valence-corrected chi connectivity index (χ2v) is 7.23. The van der Waals surface area contributed by atoms with E-state index in [-0.39, 0.29) is 11.8 Å². The van der Waals surface area contributed by atoms with E-state index in [1.165, 1.54) is 0 Å². The van der Waals surface area contributed by atoms with Crippen molar-refractivity contribution in [3.63, 3.8) is 0 Å². The standard InChI is InChI=1S/C23H21BrN2O3/c1-3-29-18-12-10-17(11-13-18)25-23(28)19-6-4-5-7-21(19)26-22(27)16-9-8-15(2)20(24)14-16/h4-14H,3H2,1-2H3,(H,25,28)(H,26,27). The predicted molar refractivity (Wildman–Crippen MR) is 119 cm³/mol. The average molecular weight is 453 g/mol. The molecule has 0 bridgehead atoms. The van der Waals surface area contributed by atoms with Gasteiger partial charge in [0.15, 0.2) is 0 Å². The van der Waals surface area contributed by atoms with E-state index >= 15 is 0 Å². The molecule has 0 radical (unpaired) electrons. The second kappa shape index (κ2) is 9.39. The molecule has 0 saturated heterocycles. The highest BCUT2D eigenvalue weighted by molar-refractivity contribution is 9.10. The number of aryl methyl sites for hydroxylation is 1. The van der Waals surface area contributed by atoms with Crippen molar-refractivity contribution in [3.8, 4) is 5.75 Å². The zero-order valence-corrected chi connectivity index (χ0v) is 17.7. The highest BCUT2D eigenvalue weighted by Gasteiger charge is 2.15. The van der Waals surface area contributed by atoms with Gasteiger partial charge in [-0.25, -0.2) is 0 Å². The van der Waals surface area contributed by atoms with E-state index in [4.69, 9.17) is 4.74 Å². The van der Waals surface area contributed by atoms with Crippen LogP contribution in [0.2, 0.25) is 0 Å². The molecule has 2 N–H and O–H groups in total. The van der Waals surface area contributed by atoms with E-state index in [1.807, 2.05) is 19.9 Å². The Morgan fingerprint density at radius 3 is 2.34 bits per heavy atom. The van der Waals surface area contributed by atoms with Gasteiger partial charge in [-0.1, -0.05) is 34.1 Å². The van der Waals surface area contributed by atoms with Gasteiger partial charge in [-0.05, 0) is 67.9 Å². The molecular weight excluding hydrogens is 432 g/mol. The Labute approximate surface area is 178 Å². The van der Waals surface area contributed by atoms with Crippen molar-refractivity contribution in [2.24, 2.45) is 0 Å². The molecule has 0 aliphatic heterocycles. The van der Waals surface area contributed by atoms with Crippen molar-refractivity contribution in [1.29, 1.82) is 0 Å². The molecule has 0 unspecified atom stereocenters. The quantitative estimate of drug-likeness (QED) is 0.506. The summed E-state index contributed by atoms with van der Waals surface area (Å²) in [6.07, 6.45) is 0. The highest BCUT2D eigenvalue weighted by atomic mass is 79.9. The summed E-state index contributed by atoms with van der Waals surface area (Å²) in [6.45, 7) is 4.44. The zero-order valence-electron chi connectivity index (χ0n) is 16.2. The topological polar surface area (TPSA) is 67.4 Å². The Morgan fingerprint density at radius 2 is 1.66 bits per heavy atom. The third-order valence-corrected chi connectivity index (χ3v) is 5.13. The first kappa shape index (κ1) is 20.6. The number of carbonyl (C=O) groups excluding carboxylic acids is 2. The molecule has 0 spiro atoms. The van der Waals surface area contributed by atoms with E-state index in [0.29, 0.717) is 29.1 Å². The number of hydrogen-bond acceptors (Lipinski definition) is 3. The lowest BCUT2D eigenvalue weighted by Crippen LogP contribution is -2.18. The maximum atomic E-state index is 12.8. The number of hydrogen-bond donors (Lipinski definition) is 2. The Hall–Kier alpha value is -3.12. The van der Waals surface area contributed by atoms with Gasteiger partial charge in [0.1, 0.15) is 5.75 Å². The molecule has 0 aromatic heterocycles. The van der Waals surface area contributed by atoms with Crippen molar-refractivity contribution in [2.75, 3.05) is 17.2 Å². The fourth-order valence-electron chi connectivity index (χ4n) is 2.72. The molecule has 0 aliphatic rings. The summed E-state index contributed by atoms with van der Waals surface area (Å²) in [5.74, 6) is 0.143. The molecule has 2 amide bonds. The SMILES string of the molecule is CCOc1ccc(NC(=O)c2ccccc2NC(=O)c2ccc(C)c(Br)c2)cc1. The van der Waals surface area contributed by atoms with Crippen molar-refractivity contribution in [3.05, 3.63) is 87.9 Å². The van der Waals surface area contributed by atoms with Gasteiger partial charge in [-0.3, -0.25) is 9.59 Å². The van der Waals surface area contributed by atoms with E-state index in [2.05, 4.69) is 26.6 Å². The molecule has 0 saturated carbocycles. The normalized spacial score (nSPS) is 10.3. The van der Waals surface area contributed by atoms with Crippen molar-refractivity contribution < 1.29 is 14.3 Å². The van der Waals surface area contributed by atoms with Gasteiger partial charge in [0.25, 0.3) is 11.8 Å². The molecular formula is C23H21BrN2O3. The van der Waals surface area contributed by atoms with Crippen LogP contribution in [-0.2, 0) is 0 Å². The summed E-state index contributed by atoms with van der Waals surface area (Å²) >= 11 is 3.44. The van der Waals surface area contributed by atoms with Crippen LogP contribution < -0.4 is 15.4 Å². The third kappa shape index (κ3) is 5.23. The fourth-order valence-corrected chi connectivity index (χ4v) is 3.10. The highest BCUT2D eigenvalue weighted by Crippen LogP contribution is 2.22. The van der Waals surface area contributed by atoms with Crippen LogP contribution in [0.3, 0.4) is 0 Å². The van der Waals surface area contributed by atoms with E-state index in [9.17, 15) is 9.59 Å². The first-order chi connectivity index (χ1) is 14.0. The molecule has 0 fully saturated rings. The van der Waals surface area contributed by atoms with Gasteiger partial charge >= 0.3 is 0 Å². The maximum absolute atomic E-state index is 12.8. The van der Waals surface area contributed by atoms with Crippen molar-refractivity contribution in [2.45, 2.75) is 13.8 Å². The molecule has 29 heavy (non-hydrogen) atoms. The Morgan fingerprint density at radius 1 is 0.931 bits per heavy atom. The lowest BCUT2D eigenvalue weighted by molar-refractivity contribution is 0.102. The van der Waals surface area contributed by atoms with Gasteiger partial charge in [-0.2, -0.15) is 0 Å². The molecule has 0 heterocycles. The van der Waals surface area contributed by atoms with Gasteiger partial charge in [0.2, 0.25) is 0 Å². The van der Waals surface area contributed by atoms with Gasteiger partial charge < -0.3 is 15.4 Å². The van der Waals surface area contributed by atoms with Gasteiger partial charge in [0, 0.05) is 15.7 Å². The summed E-state index contributed by atoms with van der Waals surface area (Å²) in [6, 6.07) is 19.4. The van der Waals surface area contributed by atoms with Crippen molar-refractivity contribution in [1.82, 2.24) is 0 Å². The molecule has 3 aromatic carbocycles. The first-order valence-electron chi connectivity index (χ1n) is 9.18. The number of carbonyl (C=O) groups is 2. The van der Waals surface area contributed by atoms with Crippen LogP contribution in [0.25, 0.3) is 0 Å². The minimum absolute atomic E-state index is 0.285. The van der Waals surface area contributed by atoms with Crippen molar-refractivity contribution >= 4 is 39.1 Å². The van der Waals surface area contributed by atoms with E-state index in [0.717, 1.165) is 15.8 Å². The maximum Gasteiger partial charge on any atom is 0.257 e. The van der Waals surface area contributed by atoms with E-state index in [1.54, 1.807) is 60.7 Å². The summed E-state index contributed by atoms with van der Waals surface area (Å²) in [7, 11) is 0. The number of ether oxygens (including phenoxy) is 1. The predicted octanol–water partition coefficient (Wildman–Crippen LogP) is 5.66. The smallest absolute Gasteiger partial charge is 0.257 e. The third-order valence-electron chi connectivity index (χ3n) is 4.28. The number of benzene rings is 3. The van der Waals surface area contributed by atoms with Gasteiger partial charge in [0.05, 0.1) is 17.9 Å². The lowest BCUT2D eigenvalue weighted by atomic mass is 10.1. The number of para-hydroxylation sites is 1. The zero-order chi connectivity index (χ0) is 20.8. The Bertz CT molecular complexity index is 1030. The van der Waals surface area contributed by atoms with Crippen LogP contribution in [0, 0.1) is 6.92 Å². The summed E-state index contributed by atoms with van der Waals surface area (Å²) in [5, 5.41) is 5.67. The monoisotopic (exact) mass is 452 g/mol. The summed E-state index contributed by atoms with van der Waals surface area (Å²) in [4.78, 5) is 25.4. The van der Waals surface area contributed by atoms with E-state index < -0.39 is 0 Å². The van der Waals surface area contributed by atoms with Crippen LogP contribution >= 0.6 is 15.9 Å². The fraction of sp³-hybridized carbons (Fsp3) is 0.130. The number of halogens is 1. The van der Waals surface area contributed by atoms with Crippen LogP contribution in [0.15, 0.2) is 71.2 Å². The molecule has 148 valence electrons. The minimum Gasteiger partial charge on any atom is -0.494 e. The molecule has 0 atom stereocenters. The number of anilines is 2. The summed E-state index contributed by atoms with van der Waals surface area (Å²) in [5.41, 5.74) is 3.00. The van der Waals surface area contributed by atoms with Gasteiger partial charge in [-0.15, -0.1) is 0 Å². The molecule has 3 rings (SSSR count). The number of nitrogens with one attached hydrogen (secondary N) is 2.